The summed E-state index contributed by atoms with van der Waals surface area (Å²) >= 11 is 0. The van der Waals surface area contributed by atoms with Gasteiger partial charge in [-0.2, -0.15) is 5.26 Å². The van der Waals surface area contributed by atoms with Gasteiger partial charge in [-0.15, -0.1) is 0 Å². The van der Waals surface area contributed by atoms with Gasteiger partial charge < -0.3 is 10.4 Å². The molecular formula is C16H23N3O. The fourth-order valence-electron chi connectivity index (χ4n) is 2.92. The Morgan fingerprint density at radius 1 is 1.30 bits per heavy atom. The average Bonchev–Trinajstić information content (AvgIpc) is 2.49. The quantitative estimate of drug-likeness (QED) is 0.606. The van der Waals surface area contributed by atoms with Gasteiger partial charge in [0.25, 0.3) is 0 Å². The predicted octanol–water partition coefficient (Wildman–Crippen LogP) is 1.34. The van der Waals surface area contributed by atoms with Gasteiger partial charge in [-0.3, -0.25) is 4.90 Å². The molecule has 0 aromatic heterocycles. The first-order valence-electron chi connectivity index (χ1n) is 7.32. The van der Waals surface area contributed by atoms with Crippen molar-refractivity contribution in [1.29, 1.82) is 5.26 Å². The van der Waals surface area contributed by atoms with Crippen LogP contribution >= 0.6 is 0 Å². The third-order valence-electron chi connectivity index (χ3n) is 3.86. The normalized spacial score (nSPS) is 23.4. The van der Waals surface area contributed by atoms with Crippen molar-refractivity contribution in [3.05, 3.63) is 35.9 Å². The third kappa shape index (κ3) is 4.31. The topological polar surface area (TPSA) is 59.3 Å². The van der Waals surface area contributed by atoms with Crippen LogP contribution in [0.1, 0.15) is 24.3 Å². The molecule has 1 aromatic rings. The molecule has 1 aliphatic heterocycles. The summed E-state index contributed by atoms with van der Waals surface area (Å²) in [5.41, 5.74) is 1.35. The number of likely N-dealkylation sites (tertiary alicyclic amines) is 1. The van der Waals surface area contributed by atoms with Gasteiger partial charge in [0.15, 0.2) is 0 Å². The van der Waals surface area contributed by atoms with Crippen LogP contribution in [0.2, 0.25) is 0 Å². The summed E-state index contributed by atoms with van der Waals surface area (Å²) in [6.45, 7) is 3.42. The van der Waals surface area contributed by atoms with Crippen LogP contribution in [0.4, 0.5) is 0 Å². The maximum Gasteiger partial charge on any atom is 0.0866 e. The van der Waals surface area contributed by atoms with E-state index in [2.05, 4.69) is 40.6 Å². The molecule has 2 unspecified atom stereocenters. The molecular weight excluding hydrogens is 250 g/mol. The SMILES string of the molecule is N#CCN1CC(NCCCO)CC(c2ccccc2)C1. The van der Waals surface area contributed by atoms with Crippen LogP contribution in [0.25, 0.3) is 0 Å². The Hall–Kier alpha value is -1.41. The van der Waals surface area contributed by atoms with Gasteiger partial charge in [-0.05, 0) is 30.9 Å². The molecule has 1 saturated heterocycles. The van der Waals surface area contributed by atoms with Crippen molar-refractivity contribution >= 4 is 0 Å². The lowest BCUT2D eigenvalue weighted by molar-refractivity contribution is 0.185. The monoisotopic (exact) mass is 273 g/mol. The van der Waals surface area contributed by atoms with Crippen LogP contribution < -0.4 is 5.32 Å². The van der Waals surface area contributed by atoms with Crippen LogP contribution in [0.15, 0.2) is 30.3 Å². The highest BCUT2D eigenvalue weighted by atomic mass is 16.3. The molecule has 0 amide bonds. The Balaban J connectivity index is 1.99. The Morgan fingerprint density at radius 3 is 2.80 bits per heavy atom. The molecule has 4 heteroatoms. The minimum Gasteiger partial charge on any atom is -0.396 e. The summed E-state index contributed by atoms with van der Waals surface area (Å²) in [6.07, 6.45) is 1.88. The molecule has 20 heavy (non-hydrogen) atoms. The van der Waals surface area contributed by atoms with Crippen LogP contribution in [0.3, 0.4) is 0 Å². The molecule has 0 radical (unpaired) electrons. The number of hydrogen-bond acceptors (Lipinski definition) is 4. The molecule has 2 rings (SSSR count). The van der Waals surface area contributed by atoms with Crippen molar-refractivity contribution in [2.75, 3.05) is 32.8 Å². The van der Waals surface area contributed by atoms with Gasteiger partial charge in [0, 0.05) is 25.7 Å². The van der Waals surface area contributed by atoms with E-state index in [-0.39, 0.29) is 6.61 Å². The lowest BCUT2D eigenvalue weighted by atomic mass is 9.88. The summed E-state index contributed by atoms with van der Waals surface area (Å²) in [5, 5.41) is 21.3. The zero-order valence-corrected chi connectivity index (χ0v) is 11.8. The van der Waals surface area contributed by atoms with E-state index in [1.807, 2.05) is 6.07 Å². The lowest BCUT2D eigenvalue weighted by Gasteiger charge is -2.37. The van der Waals surface area contributed by atoms with Gasteiger partial charge >= 0.3 is 0 Å². The second-order valence-corrected chi connectivity index (χ2v) is 5.42. The fourth-order valence-corrected chi connectivity index (χ4v) is 2.92. The van der Waals surface area contributed by atoms with E-state index >= 15 is 0 Å². The molecule has 0 bridgehead atoms. The molecule has 1 aromatic carbocycles. The number of rotatable bonds is 6. The van der Waals surface area contributed by atoms with Gasteiger partial charge in [0.05, 0.1) is 12.6 Å². The average molecular weight is 273 g/mol. The smallest absolute Gasteiger partial charge is 0.0866 e. The van der Waals surface area contributed by atoms with E-state index in [1.165, 1.54) is 5.56 Å². The van der Waals surface area contributed by atoms with Crippen LogP contribution in [-0.2, 0) is 0 Å². The van der Waals surface area contributed by atoms with Crippen molar-refractivity contribution in [2.24, 2.45) is 0 Å². The third-order valence-corrected chi connectivity index (χ3v) is 3.86. The molecule has 2 atom stereocenters. The summed E-state index contributed by atoms with van der Waals surface area (Å²) in [5.74, 6) is 0.477. The Bertz CT molecular complexity index is 429. The number of nitrogens with zero attached hydrogens (tertiary/aromatic N) is 2. The molecule has 4 nitrogen and oxygen atoms in total. The Kier molecular flexibility index (Phi) is 6.00. The van der Waals surface area contributed by atoms with Crippen molar-refractivity contribution in [3.8, 4) is 6.07 Å². The first-order chi connectivity index (χ1) is 9.83. The number of nitriles is 1. The molecule has 1 aliphatic rings. The first-order valence-corrected chi connectivity index (χ1v) is 7.32. The van der Waals surface area contributed by atoms with Gasteiger partial charge in [0.1, 0.15) is 0 Å². The van der Waals surface area contributed by atoms with E-state index in [9.17, 15) is 0 Å². The first kappa shape index (κ1) is 15.0. The number of hydrogen-bond donors (Lipinski definition) is 2. The van der Waals surface area contributed by atoms with Crippen molar-refractivity contribution in [2.45, 2.75) is 24.8 Å². The molecule has 0 spiro atoms. The highest BCUT2D eigenvalue weighted by Crippen LogP contribution is 2.26. The predicted molar refractivity (Wildman–Crippen MR) is 79.3 cm³/mol. The van der Waals surface area contributed by atoms with E-state index in [1.54, 1.807) is 0 Å². The Labute approximate surface area is 121 Å². The number of aliphatic hydroxyl groups is 1. The zero-order valence-electron chi connectivity index (χ0n) is 11.8. The highest BCUT2D eigenvalue weighted by molar-refractivity contribution is 5.21. The molecule has 0 saturated carbocycles. The Morgan fingerprint density at radius 2 is 2.10 bits per heavy atom. The van der Waals surface area contributed by atoms with Gasteiger partial charge in [0.2, 0.25) is 0 Å². The van der Waals surface area contributed by atoms with Crippen LogP contribution in [0, 0.1) is 11.3 Å². The summed E-state index contributed by atoms with van der Waals surface area (Å²) < 4.78 is 0. The number of piperidine rings is 1. The highest BCUT2D eigenvalue weighted by Gasteiger charge is 2.27. The fraction of sp³-hybridized carbons (Fsp3) is 0.562. The van der Waals surface area contributed by atoms with E-state index in [0.717, 1.165) is 32.5 Å². The van der Waals surface area contributed by atoms with E-state index < -0.39 is 0 Å². The van der Waals surface area contributed by atoms with Crippen LogP contribution in [-0.4, -0.2) is 48.8 Å². The second-order valence-electron chi connectivity index (χ2n) is 5.42. The molecule has 0 aliphatic carbocycles. The van der Waals surface area contributed by atoms with Gasteiger partial charge in [-0.25, -0.2) is 0 Å². The number of aliphatic hydroxyl groups excluding tert-OH is 1. The largest absolute Gasteiger partial charge is 0.396 e. The van der Waals surface area contributed by atoms with Gasteiger partial charge in [-0.1, -0.05) is 30.3 Å². The summed E-state index contributed by atoms with van der Waals surface area (Å²) in [6, 6.07) is 13.2. The maximum atomic E-state index is 8.93. The maximum absolute atomic E-state index is 8.93. The molecule has 108 valence electrons. The van der Waals surface area contributed by atoms with Crippen molar-refractivity contribution in [3.63, 3.8) is 0 Å². The van der Waals surface area contributed by atoms with Crippen molar-refractivity contribution in [1.82, 2.24) is 10.2 Å². The number of nitrogens with one attached hydrogen (secondary N) is 1. The molecule has 2 N–H and O–H groups in total. The summed E-state index contributed by atoms with van der Waals surface area (Å²) in [7, 11) is 0. The minimum atomic E-state index is 0.226. The zero-order chi connectivity index (χ0) is 14.2. The minimum absolute atomic E-state index is 0.226. The van der Waals surface area contributed by atoms with E-state index in [0.29, 0.717) is 18.5 Å². The lowest BCUT2D eigenvalue weighted by Crippen LogP contribution is -2.48. The molecule has 1 fully saturated rings. The van der Waals surface area contributed by atoms with E-state index in [4.69, 9.17) is 10.4 Å². The second kappa shape index (κ2) is 8.01. The number of benzene rings is 1. The van der Waals surface area contributed by atoms with Crippen LogP contribution in [0.5, 0.6) is 0 Å². The summed E-state index contributed by atoms with van der Waals surface area (Å²) in [4.78, 5) is 2.22. The molecule has 1 heterocycles. The van der Waals surface area contributed by atoms with Crippen molar-refractivity contribution < 1.29 is 5.11 Å². The standard InChI is InChI=1S/C16H23N3O/c17-7-9-19-12-15(14-5-2-1-3-6-14)11-16(13-19)18-8-4-10-20/h1-3,5-6,15-16,18,20H,4,8-13H2.